The summed E-state index contributed by atoms with van der Waals surface area (Å²) in [7, 11) is 1.86. The standard InChI is InChI=1S/C16H22ClN3OS/c1-10-5-7-22-15(10)12-4-6-20(9-14(12)21)8-13-11(2)18-19(3)16(13)17/h5,7,12,14,21H,4,6,8-9H2,1-3H3/t12-,14-/m1/s1. The Hall–Kier alpha value is -0.880. The molecule has 0 radical (unpaired) electrons. The van der Waals surface area contributed by atoms with Gasteiger partial charge in [-0.1, -0.05) is 11.6 Å². The summed E-state index contributed by atoms with van der Waals surface area (Å²) in [6, 6.07) is 2.14. The minimum Gasteiger partial charge on any atom is -0.391 e. The average molecular weight is 340 g/mol. The largest absolute Gasteiger partial charge is 0.391 e. The van der Waals surface area contributed by atoms with Crippen LogP contribution in [0.25, 0.3) is 0 Å². The quantitative estimate of drug-likeness (QED) is 0.934. The molecule has 2 aromatic heterocycles. The van der Waals surface area contributed by atoms with E-state index in [0.29, 0.717) is 11.7 Å². The molecule has 1 fully saturated rings. The predicted molar refractivity (Wildman–Crippen MR) is 90.7 cm³/mol. The van der Waals surface area contributed by atoms with Crippen molar-refractivity contribution in [3.05, 3.63) is 38.3 Å². The van der Waals surface area contributed by atoms with E-state index >= 15 is 0 Å². The van der Waals surface area contributed by atoms with Crippen molar-refractivity contribution in [1.29, 1.82) is 0 Å². The molecule has 0 spiro atoms. The first-order valence-corrected chi connectivity index (χ1v) is 8.85. The van der Waals surface area contributed by atoms with Gasteiger partial charge in [0.25, 0.3) is 0 Å². The van der Waals surface area contributed by atoms with E-state index in [1.807, 2.05) is 14.0 Å². The van der Waals surface area contributed by atoms with Crippen LogP contribution in [0.4, 0.5) is 0 Å². The molecule has 4 nitrogen and oxygen atoms in total. The van der Waals surface area contributed by atoms with Crippen molar-refractivity contribution in [3.63, 3.8) is 0 Å². The normalized spacial score (nSPS) is 23.1. The molecule has 1 saturated heterocycles. The summed E-state index contributed by atoms with van der Waals surface area (Å²) in [5, 5.41) is 17.7. The Balaban J connectivity index is 1.69. The summed E-state index contributed by atoms with van der Waals surface area (Å²) in [6.07, 6.45) is 0.668. The second-order valence-corrected chi connectivity index (χ2v) is 7.45. The van der Waals surface area contributed by atoms with Gasteiger partial charge in [0, 0.05) is 36.5 Å². The Bertz CT molecular complexity index is 666. The molecule has 0 bridgehead atoms. The molecule has 0 aliphatic carbocycles. The van der Waals surface area contributed by atoms with Gasteiger partial charge in [-0.25, -0.2) is 0 Å². The van der Waals surface area contributed by atoms with Crippen LogP contribution in [0.3, 0.4) is 0 Å². The van der Waals surface area contributed by atoms with Crippen LogP contribution < -0.4 is 0 Å². The maximum atomic E-state index is 10.6. The minimum atomic E-state index is -0.318. The molecule has 0 unspecified atom stereocenters. The van der Waals surface area contributed by atoms with Crippen molar-refractivity contribution >= 4 is 22.9 Å². The van der Waals surface area contributed by atoms with Crippen LogP contribution in [0, 0.1) is 13.8 Å². The number of β-amino-alcohol motifs (C(OH)–C–C–N with tert-alkyl or cyclic N) is 1. The van der Waals surface area contributed by atoms with Gasteiger partial charge in [0.1, 0.15) is 5.15 Å². The van der Waals surface area contributed by atoms with Crippen LogP contribution in [-0.4, -0.2) is 39.0 Å². The monoisotopic (exact) mass is 339 g/mol. The first kappa shape index (κ1) is 16.0. The van der Waals surface area contributed by atoms with E-state index in [1.54, 1.807) is 16.0 Å². The second-order valence-electron chi connectivity index (χ2n) is 6.14. The van der Waals surface area contributed by atoms with Gasteiger partial charge in [-0.15, -0.1) is 11.3 Å². The van der Waals surface area contributed by atoms with Gasteiger partial charge in [0.2, 0.25) is 0 Å². The van der Waals surface area contributed by atoms with Gasteiger partial charge < -0.3 is 5.11 Å². The zero-order valence-corrected chi connectivity index (χ0v) is 14.8. The van der Waals surface area contributed by atoms with Crippen LogP contribution in [0.15, 0.2) is 11.4 Å². The van der Waals surface area contributed by atoms with Gasteiger partial charge in [-0.3, -0.25) is 9.58 Å². The highest BCUT2D eigenvalue weighted by Crippen LogP contribution is 2.34. The maximum Gasteiger partial charge on any atom is 0.131 e. The number of aliphatic hydroxyl groups is 1. The fraction of sp³-hybridized carbons (Fsp3) is 0.562. The summed E-state index contributed by atoms with van der Waals surface area (Å²) in [5.41, 5.74) is 3.34. The lowest BCUT2D eigenvalue weighted by Gasteiger charge is -2.35. The lowest BCUT2D eigenvalue weighted by molar-refractivity contribution is 0.0485. The number of likely N-dealkylation sites (tertiary alicyclic amines) is 1. The molecule has 0 saturated carbocycles. The van der Waals surface area contributed by atoms with Crippen LogP contribution in [0.5, 0.6) is 0 Å². The average Bonchev–Trinajstić information content (AvgIpc) is 2.98. The zero-order valence-electron chi connectivity index (χ0n) is 13.2. The lowest BCUT2D eigenvalue weighted by Crippen LogP contribution is -2.42. The van der Waals surface area contributed by atoms with Gasteiger partial charge in [-0.2, -0.15) is 5.10 Å². The molecule has 0 aromatic carbocycles. The number of piperidine rings is 1. The summed E-state index contributed by atoms with van der Waals surface area (Å²) in [4.78, 5) is 3.61. The van der Waals surface area contributed by atoms with Crippen LogP contribution in [0.1, 0.15) is 34.0 Å². The first-order valence-electron chi connectivity index (χ1n) is 7.59. The van der Waals surface area contributed by atoms with Gasteiger partial charge in [0.05, 0.1) is 11.8 Å². The van der Waals surface area contributed by atoms with Crippen molar-refractivity contribution in [3.8, 4) is 0 Å². The van der Waals surface area contributed by atoms with Crippen molar-refractivity contribution < 1.29 is 5.11 Å². The second kappa shape index (κ2) is 6.32. The molecular weight excluding hydrogens is 318 g/mol. The molecule has 2 atom stereocenters. The third-order valence-electron chi connectivity index (χ3n) is 4.56. The highest BCUT2D eigenvalue weighted by atomic mass is 35.5. The highest BCUT2D eigenvalue weighted by molar-refractivity contribution is 7.10. The third kappa shape index (κ3) is 2.95. The third-order valence-corrected chi connectivity index (χ3v) is 6.18. The number of hydrogen-bond donors (Lipinski definition) is 1. The summed E-state index contributed by atoms with van der Waals surface area (Å²) < 4.78 is 1.71. The van der Waals surface area contributed by atoms with E-state index in [0.717, 1.165) is 30.8 Å². The summed E-state index contributed by atoms with van der Waals surface area (Å²) in [6.45, 7) is 6.53. The Labute approximate surface area is 140 Å². The molecule has 3 heterocycles. The van der Waals surface area contributed by atoms with E-state index in [-0.39, 0.29) is 12.0 Å². The number of aliphatic hydroxyl groups excluding tert-OH is 1. The summed E-state index contributed by atoms with van der Waals surface area (Å²) >= 11 is 8.07. The number of aryl methyl sites for hydroxylation is 3. The number of aromatic nitrogens is 2. The van der Waals surface area contributed by atoms with E-state index in [2.05, 4.69) is 28.4 Å². The number of halogens is 1. The summed E-state index contributed by atoms with van der Waals surface area (Å²) in [5.74, 6) is 0.265. The Morgan fingerprint density at radius 2 is 2.23 bits per heavy atom. The lowest BCUT2D eigenvalue weighted by atomic mass is 9.90. The van der Waals surface area contributed by atoms with Gasteiger partial charge in [-0.05, 0) is 43.8 Å². The SMILES string of the molecule is Cc1ccsc1[C@@H]1CCN(Cc2c(C)nn(C)c2Cl)C[C@H]1O. The Morgan fingerprint density at radius 3 is 2.77 bits per heavy atom. The molecule has 2 aromatic rings. The molecule has 22 heavy (non-hydrogen) atoms. The van der Waals surface area contributed by atoms with Crippen LogP contribution >= 0.6 is 22.9 Å². The fourth-order valence-electron chi connectivity index (χ4n) is 3.29. The van der Waals surface area contributed by atoms with E-state index in [9.17, 15) is 5.11 Å². The highest BCUT2D eigenvalue weighted by Gasteiger charge is 2.31. The predicted octanol–water partition coefficient (Wildman–Crippen LogP) is 3.10. The molecule has 3 rings (SSSR count). The zero-order chi connectivity index (χ0) is 15.9. The van der Waals surface area contributed by atoms with E-state index < -0.39 is 0 Å². The first-order chi connectivity index (χ1) is 10.5. The number of thiophene rings is 1. The molecule has 1 aliphatic heterocycles. The smallest absolute Gasteiger partial charge is 0.131 e. The fourth-order valence-corrected chi connectivity index (χ4v) is 4.64. The minimum absolute atomic E-state index is 0.265. The molecule has 0 amide bonds. The van der Waals surface area contributed by atoms with E-state index in [1.165, 1.54) is 10.4 Å². The maximum absolute atomic E-state index is 10.6. The number of hydrogen-bond acceptors (Lipinski definition) is 4. The number of rotatable bonds is 3. The number of nitrogens with zero attached hydrogens (tertiary/aromatic N) is 3. The molecule has 1 N–H and O–H groups in total. The molecule has 120 valence electrons. The van der Waals surface area contributed by atoms with Gasteiger partial charge >= 0.3 is 0 Å². The Morgan fingerprint density at radius 1 is 1.45 bits per heavy atom. The molecule has 6 heteroatoms. The molecule has 1 aliphatic rings. The van der Waals surface area contributed by atoms with Crippen molar-refractivity contribution in [1.82, 2.24) is 14.7 Å². The van der Waals surface area contributed by atoms with Crippen molar-refractivity contribution in [2.24, 2.45) is 7.05 Å². The molecular formula is C16H22ClN3OS. The van der Waals surface area contributed by atoms with Crippen molar-refractivity contribution in [2.45, 2.75) is 38.8 Å². The van der Waals surface area contributed by atoms with Gasteiger partial charge in [0.15, 0.2) is 0 Å². The Kier molecular flexibility index (Phi) is 4.59. The van der Waals surface area contributed by atoms with E-state index in [4.69, 9.17) is 11.6 Å². The van der Waals surface area contributed by atoms with Crippen LogP contribution in [-0.2, 0) is 13.6 Å². The van der Waals surface area contributed by atoms with Crippen molar-refractivity contribution in [2.75, 3.05) is 13.1 Å². The topological polar surface area (TPSA) is 41.3 Å². The van der Waals surface area contributed by atoms with Crippen LogP contribution in [0.2, 0.25) is 5.15 Å².